The van der Waals surface area contributed by atoms with Crippen LogP contribution >= 0.6 is 22.6 Å². The van der Waals surface area contributed by atoms with Gasteiger partial charge in [0.1, 0.15) is 11.5 Å². The smallest absolute Gasteiger partial charge is 0.416 e. The molecular weight excluding hydrogens is 420 g/mol. The van der Waals surface area contributed by atoms with Gasteiger partial charge in [-0.05, 0) is 42.0 Å². The van der Waals surface area contributed by atoms with Gasteiger partial charge in [0, 0.05) is 15.6 Å². The van der Waals surface area contributed by atoms with Crippen LogP contribution in [0.4, 0.5) is 13.2 Å². The van der Waals surface area contributed by atoms with Crippen molar-refractivity contribution >= 4 is 34.5 Å². The number of hydrogen-bond donors (Lipinski definition) is 0. The number of carbonyl (C=O) groups excluding carboxylic acids is 1. The molecule has 0 aromatic heterocycles. The maximum atomic E-state index is 12.8. The topological polar surface area (TPSA) is 26.3 Å². The van der Waals surface area contributed by atoms with Gasteiger partial charge in [-0.2, -0.15) is 13.2 Å². The first-order chi connectivity index (χ1) is 10.9. The fourth-order valence-electron chi connectivity index (χ4n) is 2.30. The highest BCUT2D eigenvalue weighted by Crippen LogP contribution is 2.35. The van der Waals surface area contributed by atoms with Gasteiger partial charge in [0.2, 0.25) is 0 Å². The third-order valence-electron chi connectivity index (χ3n) is 3.46. The summed E-state index contributed by atoms with van der Waals surface area (Å²) >= 11 is 1.99. The van der Waals surface area contributed by atoms with Crippen molar-refractivity contribution in [2.45, 2.75) is 10.6 Å². The molecule has 0 bridgehead atoms. The van der Waals surface area contributed by atoms with E-state index in [1.807, 2.05) is 22.6 Å². The van der Waals surface area contributed by atoms with Crippen molar-refractivity contribution in [3.8, 4) is 11.5 Å². The highest BCUT2D eigenvalue weighted by Gasteiger charge is 2.31. The molecule has 0 saturated heterocycles. The fourth-order valence-corrected chi connectivity index (χ4v) is 2.90. The van der Waals surface area contributed by atoms with Gasteiger partial charge in [0.15, 0.2) is 5.78 Å². The summed E-state index contributed by atoms with van der Waals surface area (Å²) in [6, 6.07) is 8.43. The first-order valence-electron chi connectivity index (χ1n) is 6.69. The van der Waals surface area contributed by atoms with Gasteiger partial charge >= 0.3 is 6.18 Å². The second kappa shape index (κ2) is 5.99. The number of ketones is 1. The fraction of sp³-hybridized carbons (Fsp3) is 0.118. The standard InChI is InChI=1S/C17H10F3IO2/c18-17(19,20)12-3-6-16(11(7-12)9-21)23-13-4-1-10-2-5-15(22)14(10)8-13/h1-8H,9H2. The van der Waals surface area contributed by atoms with Gasteiger partial charge in [-0.1, -0.05) is 34.7 Å². The lowest BCUT2D eigenvalue weighted by molar-refractivity contribution is -0.137. The van der Waals surface area contributed by atoms with E-state index in [1.54, 1.807) is 24.3 Å². The molecule has 23 heavy (non-hydrogen) atoms. The maximum Gasteiger partial charge on any atom is 0.416 e. The molecule has 0 atom stereocenters. The summed E-state index contributed by atoms with van der Waals surface area (Å²) in [5.74, 6) is 0.671. The van der Waals surface area contributed by atoms with E-state index in [0.29, 0.717) is 27.1 Å². The number of rotatable bonds is 3. The Kier molecular flexibility index (Phi) is 4.18. The third kappa shape index (κ3) is 3.26. The molecule has 0 fully saturated rings. The third-order valence-corrected chi connectivity index (χ3v) is 4.29. The van der Waals surface area contributed by atoms with Crippen LogP contribution in [-0.4, -0.2) is 5.78 Å². The summed E-state index contributed by atoms with van der Waals surface area (Å²) in [6.07, 6.45) is -1.19. The molecule has 0 spiro atoms. The van der Waals surface area contributed by atoms with Gasteiger partial charge in [0.25, 0.3) is 0 Å². The Balaban J connectivity index is 1.92. The van der Waals surface area contributed by atoms with Crippen molar-refractivity contribution in [2.24, 2.45) is 0 Å². The zero-order valence-corrected chi connectivity index (χ0v) is 13.8. The molecule has 3 rings (SSSR count). The van der Waals surface area contributed by atoms with Crippen molar-refractivity contribution in [1.82, 2.24) is 0 Å². The Morgan fingerprint density at radius 3 is 2.52 bits per heavy atom. The van der Waals surface area contributed by atoms with Crippen LogP contribution in [0.5, 0.6) is 11.5 Å². The molecular formula is C17H10F3IO2. The number of benzene rings is 2. The average Bonchev–Trinajstić information content (AvgIpc) is 2.88. The summed E-state index contributed by atoms with van der Waals surface area (Å²) in [5, 5.41) is 0. The minimum absolute atomic E-state index is 0.105. The van der Waals surface area contributed by atoms with Crippen molar-refractivity contribution in [1.29, 1.82) is 0 Å². The van der Waals surface area contributed by atoms with Crippen molar-refractivity contribution in [2.75, 3.05) is 0 Å². The zero-order chi connectivity index (χ0) is 16.6. The molecule has 0 N–H and O–H groups in total. The van der Waals surface area contributed by atoms with Crippen LogP contribution in [0.15, 0.2) is 42.5 Å². The number of halogens is 4. The van der Waals surface area contributed by atoms with Crippen molar-refractivity contribution in [3.05, 3.63) is 64.7 Å². The first kappa shape index (κ1) is 16.0. The molecule has 2 aromatic carbocycles. The van der Waals surface area contributed by atoms with Crippen LogP contribution < -0.4 is 4.74 Å². The lowest BCUT2D eigenvalue weighted by Crippen LogP contribution is -2.05. The zero-order valence-electron chi connectivity index (χ0n) is 11.7. The van der Waals surface area contributed by atoms with Gasteiger partial charge in [0.05, 0.1) is 5.56 Å². The van der Waals surface area contributed by atoms with Gasteiger partial charge < -0.3 is 4.74 Å². The monoisotopic (exact) mass is 430 g/mol. The van der Waals surface area contributed by atoms with E-state index in [2.05, 4.69) is 0 Å². The second-order valence-electron chi connectivity index (χ2n) is 5.00. The summed E-state index contributed by atoms with van der Waals surface area (Å²) in [6.45, 7) is 0. The lowest BCUT2D eigenvalue weighted by atomic mass is 10.1. The normalized spacial score (nSPS) is 13.3. The quantitative estimate of drug-likeness (QED) is 0.466. The van der Waals surface area contributed by atoms with Crippen LogP contribution in [0.3, 0.4) is 0 Å². The Bertz CT molecular complexity index is 810. The van der Waals surface area contributed by atoms with Crippen LogP contribution in [0, 0.1) is 0 Å². The van der Waals surface area contributed by atoms with E-state index in [0.717, 1.165) is 17.7 Å². The van der Waals surface area contributed by atoms with Gasteiger partial charge in [-0.3, -0.25) is 4.79 Å². The predicted molar refractivity (Wildman–Crippen MR) is 89.0 cm³/mol. The Labute approximate surface area is 144 Å². The van der Waals surface area contributed by atoms with Crippen molar-refractivity contribution < 1.29 is 22.7 Å². The number of fused-ring (bicyclic) bond motifs is 1. The minimum Gasteiger partial charge on any atom is -0.457 e. The lowest BCUT2D eigenvalue weighted by Gasteiger charge is -2.13. The summed E-state index contributed by atoms with van der Waals surface area (Å²) in [7, 11) is 0. The highest BCUT2D eigenvalue weighted by molar-refractivity contribution is 14.1. The van der Waals surface area contributed by atoms with Crippen LogP contribution in [0.1, 0.15) is 27.0 Å². The minimum atomic E-state index is -4.38. The molecule has 2 aromatic rings. The Morgan fingerprint density at radius 1 is 1.04 bits per heavy atom. The summed E-state index contributed by atoms with van der Waals surface area (Å²) in [5.41, 5.74) is 1.09. The molecule has 1 aliphatic carbocycles. The van der Waals surface area contributed by atoms with Crippen LogP contribution in [0.25, 0.3) is 6.08 Å². The number of hydrogen-bond acceptors (Lipinski definition) is 2. The van der Waals surface area contributed by atoms with E-state index in [4.69, 9.17) is 4.74 Å². The van der Waals surface area contributed by atoms with E-state index >= 15 is 0 Å². The van der Waals surface area contributed by atoms with Crippen molar-refractivity contribution in [3.63, 3.8) is 0 Å². The number of alkyl halides is 4. The molecule has 6 heteroatoms. The summed E-state index contributed by atoms with van der Waals surface area (Å²) < 4.78 is 44.4. The van der Waals surface area contributed by atoms with Crippen LogP contribution in [0.2, 0.25) is 0 Å². The van der Waals surface area contributed by atoms with E-state index in [-0.39, 0.29) is 5.78 Å². The van der Waals surface area contributed by atoms with E-state index < -0.39 is 11.7 Å². The molecule has 0 heterocycles. The number of allylic oxidation sites excluding steroid dienone is 1. The van der Waals surface area contributed by atoms with Crippen LogP contribution in [-0.2, 0) is 10.6 Å². The largest absolute Gasteiger partial charge is 0.457 e. The van der Waals surface area contributed by atoms with E-state index in [1.165, 1.54) is 12.1 Å². The molecule has 0 saturated carbocycles. The van der Waals surface area contributed by atoms with Gasteiger partial charge in [-0.25, -0.2) is 0 Å². The highest BCUT2D eigenvalue weighted by atomic mass is 127. The number of carbonyl (C=O) groups is 1. The molecule has 0 aliphatic heterocycles. The molecule has 2 nitrogen and oxygen atoms in total. The number of ether oxygens (including phenoxy) is 1. The molecule has 0 radical (unpaired) electrons. The molecule has 1 aliphatic rings. The SMILES string of the molecule is O=C1C=Cc2ccc(Oc3ccc(C(F)(F)F)cc3CI)cc21. The molecule has 0 unspecified atom stereocenters. The average molecular weight is 430 g/mol. The first-order valence-corrected chi connectivity index (χ1v) is 8.21. The maximum absolute atomic E-state index is 12.8. The molecule has 0 amide bonds. The second-order valence-corrected chi connectivity index (χ2v) is 5.77. The van der Waals surface area contributed by atoms with Gasteiger partial charge in [-0.15, -0.1) is 0 Å². The predicted octanol–water partition coefficient (Wildman–Crippen LogP) is 5.64. The van der Waals surface area contributed by atoms with E-state index in [9.17, 15) is 18.0 Å². The molecule has 118 valence electrons. The Morgan fingerprint density at radius 2 is 1.83 bits per heavy atom. The summed E-state index contributed by atoms with van der Waals surface area (Å²) in [4.78, 5) is 11.7. The Hall–Kier alpha value is -1.83.